The molecule has 16 heavy (non-hydrogen) atoms. The van der Waals surface area contributed by atoms with Gasteiger partial charge in [0.1, 0.15) is 12.0 Å². The summed E-state index contributed by atoms with van der Waals surface area (Å²) >= 11 is 0. The maximum absolute atomic E-state index is 10.5. The minimum Gasteiger partial charge on any atom is -0.479 e. The number of amides is 1. The molecule has 7 heteroatoms. The summed E-state index contributed by atoms with van der Waals surface area (Å²) in [5.41, 5.74) is 11.1. The van der Waals surface area contributed by atoms with Crippen molar-refractivity contribution in [3.63, 3.8) is 0 Å². The number of carbonyl (C=O) groups excluding carboxylic acids is 1. The van der Waals surface area contributed by atoms with E-state index in [1.54, 1.807) is 0 Å². The van der Waals surface area contributed by atoms with Crippen LogP contribution in [-0.4, -0.2) is 29.5 Å². The number of nitrogens with two attached hydrogens (primary N) is 2. The highest BCUT2D eigenvalue weighted by atomic mass is 16.5. The third kappa shape index (κ3) is 3.26. The van der Waals surface area contributed by atoms with E-state index in [0.717, 1.165) is 0 Å². The predicted molar refractivity (Wildman–Crippen MR) is 59.9 cm³/mol. The number of nitrogens with zero attached hydrogens (tertiary/aromatic N) is 2. The molecule has 5 N–H and O–H groups in total. The molecule has 1 heterocycles. The first-order valence-corrected chi connectivity index (χ1v) is 4.81. The van der Waals surface area contributed by atoms with Crippen LogP contribution in [0.4, 0.5) is 11.5 Å². The topological polar surface area (TPSA) is 116 Å². The van der Waals surface area contributed by atoms with Crippen LogP contribution in [-0.2, 0) is 4.79 Å². The van der Waals surface area contributed by atoms with Crippen molar-refractivity contribution < 1.29 is 9.53 Å². The van der Waals surface area contributed by atoms with Crippen LogP contribution in [0.5, 0.6) is 5.88 Å². The Balaban J connectivity index is 2.50. The van der Waals surface area contributed by atoms with Gasteiger partial charge in [-0.25, -0.2) is 4.98 Å². The summed E-state index contributed by atoms with van der Waals surface area (Å²) in [6.07, 6.45) is 2.31. The summed E-state index contributed by atoms with van der Waals surface area (Å²) in [5.74, 6) is 0.499. The number of nitrogens with one attached hydrogen (secondary N) is 1. The molecule has 0 unspecified atom stereocenters. The lowest BCUT2D eigenvalue weighted by Gasteiger charge is -2.09. The molecule has 1 rings (SSSR count). The second-order valence-electron chi connectivity index (χ2n) is 3.14. The molecule has 0 aromatic carbocycles. The van der Waals surface area contributed by atoms with Crippen molar-refractivity contribution in [2.75, 3.05) is 24.7 Å². The number of primary amides is 1. The molecule has 0 spiro atoms. The van der Waals surface area contributed by atoms with E-state index >= 15 is 0 Å². The first kappa shape index (κ1) is 12.0. The van der Waals surface area contributed by atoms with Gasteiger partial charge in [-0.1, -0.05) is 0 Å². The maximum atomic E-state index is 10.5. The Morgan fingerprint density at radius 2 is 2.31 bits per heavy atom. The summed E-state index contributed by atoms with van der Waals surface area (Å²) in [6, 6.07) is 0. The second kappa shape index (κ2) is 5.74. The van der Waals surface area contributed by atoms with E-state index in [9.17, 15) is 4.79 Å². The van der Waals surface area contributed by atoms with Crippen molar-refractivity contribution in [3.05, 3.63) is 6.33 Å². The number of methoxy groups -OCH3 is 1. The highest BCUT2D eigenvalue weighted by molar-refractivity contribution is 5.73. The van der Waals surface area contributed by atoms with Gasteiger partial charge >= 0.3 is 0 Å². The predicted octanol–water partition coefficient (Wildman–Crippen LogP) is -0.255. The van der Waals surface area contributed by atoms with Crippen molar-refractivity contribution in [1.29, 1.82) is 0 Å². The van der Waals surface area contributed by atoms with Crippen LogP contribution in [0, 0.1) is 0 Å². The third-order valence-electron chi connectivity index (χ3n) is 1.93. The Morgan fingerprint density at radius 3 is 2.94 bits per heavy atom. The van der Waals surface area contributed by atoms with Crippen LogP contribution >= 0.6 is 0 Å². The molecule has 1 amide bonds. The quantitative estimate of drug-likeness (QED) is 0.574. The van der Waals surface area contributed by atoms with E-state index in [0.29, 0.717) is 36.8 Å². The molecular weight excluding hydrogens is 210 g/mol. The zero-order valence-electron chi connectivity index (χ0n) is 9.06. The number of ether oxygens (including phenoxy) is 1. The standard InChI is InChI=1S/C9H15N5O2/c1-16-9-7(11)8(13-5-14-9)12-4-2-3-6(10)15/h5H,2-4,11H2,1H3,(H2,10,15)(H,12,13,14). The summed E-state index contributed by atoms with van der Waals surface area (Å²) in [5, 5.41) is 2.98. The fourth-order valence-electron chi connectivity index (χ4n) is 1.15. The molecule has 0 aliphatic carbocycles. The van der Waals surface area contributed by atoms with Gasteiger partial charge in [-0.15, -0.1) is 0 Å². The SMILES string of the molecule is COc1ncnc(NCCCC(N)=O)c1N. The minimum atomic E-state index is -0.324. The van der Waals surface area contributed by atoms with Gasteiger partial charge in [0.05, 0.1) is 7.11 Å². The zero-order chi connectivity index (χ0) is 12.0. The lowest BCUT2D eigenvalue weighted by atomic mass is 10.3. The highest BCUT2D eigenvalue weighted by Crippen LogP contribution is 2.23. The molecule has 0 saturated heterocycles. The molecule has 0 bridgehead atoms. The monoisotopic (exact) mass is 225 g/mol. The Bertz CT molecular complexity index is 369. The van der Waals surface area contributed by atoms with E-state index in [4.69, 9.17) is 16.2 Å². The molecule has 0 atom stereocenters. The van der Waals surface area contributed by atoms with Gasteiger partial charge in [0, 0.05) is 13.0 Å². The Labute approximate surface area is 93.2 Å². The summed E-state index contributed by atoms with van der Waals surface area (Å²) in [4.78, 5) is 18.3. The number of anilines is 2. The van der Waals surface area contributed by atoms with E-state index < -0.39 is 0 Å². The first-order valence-electron chi connectivity index (χ1n) is 4.81. The molecule has 1 aromatic rings. The number of nitrogen functional groups attached to an aromatic ring is 1. The van der Waals surface area contributed by atoms with Crippen LogP contribution in [0.1, 0.15) is 12.8 Å². The van der Waals surface area contributed by atoms with Crippen LogP contribution in [0.25, 0.3) is 0 Å². The van der Waals surface area contributed by atoms with E-state index in [1.807, 2.05) is 0 Å². The van der Waals surface area contributed by atoms with Gasteiger partial charge in [-0.2, -0.15) is 4.98 Å². The summed E-state index contributed by atoms with van der Waals surface area (Å²) < 4.78 is 4.94. The first-order chi connectivity index (χ1) is 7.65. The van der Waals surface area contributed by atoms with E-state index in [2.05, 4.69) is 15.3 Å². The fourth-order valence-corrected chi connectivity index (χ4v) is 1.15. The number of aromatic nitrogens is 2. The highest BCUT2D eigenvalue weighted by Gasteiger charge is 2.07. The second-order valence-corrected chi connectivity index (χ2v) is 3.14. The molecule has 1 aromatic heterocycles. The number of hydrogen-bond acceptors (Lipinski definition) is 6. The maximum Gasteiger partial charge on any atom is 0.242 e. The molecule has 0 radical (unpaired) electrons. The van der Waals surface area contributed by atoms with Crippen LogP contribution in [0.3, 0.4) is 0 Å². The Hall–Kier alpha value is -2.05. The lowest BCUT2D eigenvalue weighted by molar-refractivity contribution is -0.118. The third-order valence-corrected chi connectivity index (χ3v) is 1.93. The van der Waals surface area contributed by atoms with Gasteiger partial charge in [-0.05, 0) is 6.42 Å². The fraction of sp³-hybridized carbons (Fsp3) is 0.444. The van der Waals surface area contributed by atoms with Crippen molar-refractivity contribution in [2.24, 2.45) is 5.73 Å². The van der Waals surface area contributed by atoms with Crippen molar-refractivity contribution in [3.8, 4) is 5.88 Å². The normalized spacial score (nSPS) is 9.81. The molecular formula is C9H15N5O2. The van der Waals surface area contributed by atoms with Crippen molar-refractivity contribution >= 4 is 17.4 Å². The van der Waals surface area contributed by atoms with Crippen LogP contribution < -0.4 is 21.5 Å². The minimum absolute atomic E-state index is 0.324. The molecule has 0 saturated carbocycles. The van der Waals surface area contributed by atoms with Gasteiger partial charge in [0.15, 0.2) is 5.82 Å². The van der Waals surface area contributed by atoms with E-state index in [-0.39, 0.29) is 5.91 Å². The van der Waals surface area contributed by atoms with Gasteiger partial charge in [-0.3, -0.25) is 4.79 Å². The Morgan fingerprint density at radius 1 is 1.56 bits per heavy atom. The molecule has 88 valence electrons. The van der Waals surface area contributed by atoms with Gasteiger partial charge < -0.3 is 21.5 Å². The van der Waals surface area contributed by atoms with Crippen molar-refractivity contribution in [1.82, 2.24) is 9.97 Å². The van der Waals surface area contributed by atoms with Crippen molar-refractivity contribution in [2.45, 2.75) is 12.8 Å². The average molecular weight is 225 g/mol. The number of hydrogen-bond donors (Lipinski definition) is 3. The molecule has 7 nitrogen and oxygen atoms in total. The van der Waals surface area contributed by atoms with Crippen LogP contribution in [0.2, 0.25) is 0 Å². The van der Waals surface area contributed by atoms with Gasteiger partial charge in [0.2, 0.25) is 11.8 Å². The summed E-state index contributed by atoms with van der Waals surface area (Å²) in [7, 11) is 1.48. The smallest absolute Gasteiger partial charge is 0.242 e. The zero-order valence-corrected chi connectivity index (χ0v) is 9.06. The molecule has 0 aliphatic heterocycles. The number of carbonyl (C=O) groups is 1. The molecule has 0 fully saturated rings. The molecule has 0 aliphatic rings. The van der Waals surface area contributed by atoms with Crippen LogP contribution in [0.15, 0.2) is 6.33 Å². The lowest BCUT2D eigenvalue weighted by Crippen LogP contribution is -2.13. The van der Waals surface area contributed by atoms with Gasteiger partial charge in [0.25, 0.3) is 0 Å². The largest absolute Gasteiger partial charge is 0.479 e. The summed E-state index contributed by atoms with van der Waals surface area (Å²) in [6.45, 7) is 0.563. The van der Waals surface area contributed by atoms with E-state index in [1.165, 1.54) is 13.4 Å². The number of rotatable bonds is 6. The average Bonchev–Trinajstić information content (AvgIpc) is 2.26. The Kier molecular flexibility index (Phi) is 4.31.